The van der Waals surface area contributed by atoms with Crippen LogP contribution in [0.5, 0.6) is 5.75 Å². The van der Waals surface area contributed by atoms with Gasteiger partial charge < -0.3 is 10.1 Å². The van der Waals surface area contributed by atoms with Crippen LogP contribution in [0.15, 0.2) is 24.4 Å². The molecular weight excluding hydrogens is 278 g/mol. The van der Waals surface area contributed by atoms with Crippen molar-refractivity contribution >= 4 is 26.7 Å². The highest BCUT2D eigenvalue weighted by atomic mass is 32.2. The van der Waals surface area contributed by atoms with Crippen molar-refractivity contribution in [3.63, 3.8) is 0 Å². The topological polar surface area (TPSA) is 81.2 Å². The Labute approximate surface area is 118 Å². The maximum Gasteiger partial charge on any atom is 0.223 e. The second-order valence-electron chi connectivity index (χ2n) is 4.40. The molecule has 6 nitrogen and oxygen atoms in total. The van der Waals surface area contributed by atoms with Crippen LogP contribution in [-0.2, 0) is 9.84 Å². The number of benzene rings is 1. The smallest absolute Gasteiger partial charge is 0.223 e. The number of nitrogens with one attached hydrogen (secondary N) is 1. The highest BCUT2D eigenvalue weighted by Gasteiger charge is 2.04. The van der Waals surface area contributed by atoms with Crippen molar-refractivity contribution in [3.8, 4) is 5.75 Å². The molecule has 1 heterocycles. The molecule has 20 heavy (non-hydrogen) atoms. The first-order valence-corrected chi connectivity index (χ1v) is 8.35. The molecule has 1 N–H and O–H groups in total. The Bertz CT molecular complexity index is 701. The molecule has 1 aromatic heterocycles. The monoisotopic (exact) mass is 295 g/mol. The Hall–Kier alpha value is -1.89. The molecule has 0 amide bonds. The maximum atomic E-state index is 11.0. The third-order valence-corrected chi connectivity index (χ3v) is 3.56. The van der Waals surface area contributed by atoms with E-state index in [1.54, 1.807) is 6.20 Å². The van der Waals surface area contributed by atoms with Crippen LogP contribution in [0.3, 0.4) is 0 Å². The molecule has 0 spiro atoms. The van der Waals surface area contributed by atoms with Crippen molar-refractivity contribution in [2.45, 2.75) is 6.92 Å². The quantitative estimate of drug-likeness (QED) is 0.869. The van der Waals surface area contributed by atoms with E-state index in [1.165, 1.54) is 6.26 Å². The molecule has 2 aromatic rings. The van der Waals surface area contributed by atoms with Gasteiger partial charge in [0, 0.05) is 24.4 Å². The van der Waals surface area contributed by atoms with E-state index in [0.717, 1.165) is 16.7 Å². The summed E-state index contributed by atoms with van der Waals surface area (Å²) in [4.78, 5) is 8.48. The van der Waals surface area contributed by atoms with E-state index < -0.39 is 9.84 Å². The van der Waals surface area contributed by atoms with E-state index >= 15 is 0 Å². The number of nitrogens with zero attached hydrogens (tertiary/aromatic N) is 2. The highest BCUT2D eigenvalue weighted by Crippen LogP contribution is 2.19. The first kappa shape index (κ1) is 14.5. The van der Waals surface area contributed by atoms with Gasteiger partial charge in [0.25, 0.3) is 0 Å². The van der Waals surface area contributed by atoms with Crippen LogP contribution in [0.1, 0.15) is 6.92 Å². The number of ether oxygens (including phenoxy) is 1. The molecule has 0 aliphatic heterocycles. The lowest BCUT2D eigenvalue weighted by molar-refractivity contribution is 0.340. The molecule has 0 fully saturated rings. The number of hydrogen-bond acceptors (Lipinski definition) is 6. The average Bonchev–Trinajstić information content (AvgIpc) is 2.38. The summed E-state index contributed by atoms with van der Waals surface area (Å²) in [5.74, 6) is 1.25. The zero-order valence-corrected chi connectivity index (χ0v) is 12.3. The lowest BCUT2D eigenvalue weighted by Crippen LogP contribution is -2.15. The molecule has 1 aromatic carbocycles. The van der Waals surface area contributed by atoms with Gasteiger partial charge in [0.05, 0.1) is 17.9 Å². The van der Waals surface area contributed by atoms with Crippen molar-refractivity contribution < 1.29 is 13.2 Å². The first-order chi connectivity index (χ1) is 9.48. The summed E-state index contributed by atoms with van der Waals surface area (Å²) in [6.07, 6.45) is 2.89. The molecule has 0 saturated heterocycles. The van der Waals surface area contributed by atoms with Crippen LogP contribution in [0, 0.1) is 0 Å². The molecule has 0 aliphatic rings. The van der Waals surface area contributed by atoms with E-state index in [4.69, 9.17) is 4.74 Å². The summed E-state index contributed by atoms with van der Waals surface area (Å²) >= 11 is 0. The van der Waals surface area contributed by atoms with Crippen molar-refractivity contribution in [1.82, 2.24) is 9.97 Å². The van der Waals surface area contributed by atoms with Crippen LogP contribution in [0.25, 0.3) is 10.9 Å². The van der Waals surface area contributed by atoms with Crippen molar-refractivity contribution in [3.05, 3.63) is 24.4 Å². The molecule has 0 atom stereocenters. The zero-order chi connectivity index (χ0) is 14.6. The molecule has 0 bridgehead atoms. The third-order valence-electron chi connectivity index (χ3n) is 2.62. The fraction of sp³-hybridized carbons (Fsp3) is 0.385. The van der Waals surface area contributed by atoms with Crippen LogP contribution >= 0.6 is 0 Å². The summed E-state index contributed by atoms with van der Waals surface area (Å²) in [5, 5.41) is 3.78. The Morgan fingerprint density at radius 3 is 2.85 bits per heavy atom. The minimum Gasteiger partial charge on any atom is -0.494 e. The van der Waals surface area contributed by atoms with Crippen LogP contribution in [0.4, 0.5) is 5.95 Å². The van der Waals surface area contributed by atoms with Crippen LogP contribution < -0.4 is 10.1 Å². The SMILES string of the molecule is CCOc1ccc2nc(NCCS(C)(=O)=O)ncc2c1. The van der Waals surface area contributed by atoms with Gasteiger partial charge in [-0.1, -0.05) is 0 Å². The van der Waals surface area contributed by atoms with E-state index in [-0.39, 0.29) is 5.75 Å². The highest BCUT2D eigenvalue weighted by molar-refractivity contribution is 7.90. The molecule has 108 valence electrons. The summed E-state index contributed by atoms with van der Waals surface area (Å²) in [5.41, 5.74) is 0.783. The Morgan fingerprint density at radius 1 is 1.35 bits per heavy atom. The fourth-order valence-electron chi connectivity index (χ4n) is 1.70. The van der Waals surface area contributed by atoms with Gasteiger partial charge in [-0.15, -0.1) is 0 Å². The Morgan fingerprint density at radius 2 is 2.15 bits per heavy atom. The van der Waals surface area contributed by atoms with Gasteiger partial charge in [-0.2, -0.15) is 0 Å². The van der Waals surface area contributed by atoms with Crippen molar-refractivity contribution in [2.75, 3.05) is 30.5 Å². The van der Waals surface area contributed by atoms with E-state index in [1.807, 2.05) is 25.1 Å². The average molecular weight is 295 g/mol. The minimum absolute atomic E-state index is 0.0532. The second kappa shape index (κ2) is 6.04. The van der Waals surface area contributed by atoms with Gasteiger partial charge in [-0.3, -0.25) is 0 Å². The Balaban J connectivity index is 2.11. The lowest BCUT2D eigenvalue weighted by Gasteiger charge is -2.06. The van der Waals surface area contributed by atoms with Gasteiger partial charge in [0.1, 0.15) is 15.6 Å². The van der Waals surface area contributed by atoms with Crippen LogP contribution in [0.2, 0.25) is 0 Å². The normalized spacial score (nSPS) is 11.5. The molecule has 2 rings (SSSR count). The van der Waals surface area contributed by atoms with E-state index in [9.17, 15) is 8.42 Å². The van der Waals surface area contributed by atoms with Gasteiger partial charge in [0.2, 0.25) is 5.95 Å². The third kappa shape index (κ3) is 4.06. The van der Waals surface area contributed by atoms with Gasteiger partial charge in [-0.25, -0.2) is 18.4 Å². The molecule has 7 heteroatoms. The summed E-state index contributed by atoms with van der Waals surface area (Å²) in [6.45, 7) is 2.83. The first-order valence-electron chi connectivity index (χ1n) is 6.29. The summed E-state index contributed by atoms with van der Waals surface area (Å²) in [7, 11) is -2.98. The Kier molecular flexibility index (Phi) is 4.39. The van der Waals surface area contributed by atoms with Crippen LogP contribution in [-0.4, -0.2) is 43.5 Å². The number of anilines is 1. The maximum absolute atomic E-state index is 11.0. The van der Waals surface area contributed by atoms with E-state index in [0.29, 0.717) is 19.1 Å². The number of aromatic nitrogens is 2. The van der Waals surface area contributed by atoms with Crippen molar-refractivity contribution in [1.29, 1.82) is 0 Å². The number of sulfone groups is 1. The molecule has 0 saturated carbocycles. The van der Waals surface area contributed by atoms with E-state index in [2.05, 4.69) is 15.3 Å². The number of hydrogen-bond donors (Lipinski definition) is 1. The summed E-state index contributed by atoms with van der Waals surface area (Å²) in [6, 6.07) is 5.57. The zero-order valence-electron chi connectivity index (χ0n) is 11.5. The molecule has 0 unspecified atom stereocenters. The van der Waals surface area contributed by atoms with Gasteiger partial charge >= 0.3 is 0 Å². The minimum atomic E-state index is -2.98. The second-order valence-corrected chi connectivity index (χ2v) is 6.66. The fourth-order valence-corrected chi connectivity index (χ4v) is 2.17. The van der Waals surface area contributed by atoms with Gasteiger partial charge in [0.15, 0.2) is 0 Å². The predicted molar refractivity (Wildman–Crippen MR) is 78.9 cm³/mol. The number of fused-ring (bicyclic) bond motifs is 1. The lowest BCUT2D eigenvalue weighted by atomic mass is 10.2. The molecule has 0 aliphatic carbocycles. The largest absolute Gasteiger partial charge is 0.494 e. The molecule has 0 radical (unpaired) electrons. The number of rotatable bonds is 6. The predicted octanol–water partition coefficient (Wildman–Crippen LogP) is 1.48. The van der Waals surface area contributed by atoms with Crippen molar-refractivity contribution in [2.24, 2.45) is 0 Å². The summed E-state index contributed by atoms with van der Waals surface area (Å²) < 4.78 is 27.5. The van der Waals surface area contributed by atoms with Gasteiger partial charge in [-0.05, 0) is 25.1 Å². The standard InChI is InChI=1S/C13H17N3O3S/c1-3-19-11-4-5-12-10(8-11)9-15-13(16-12)14-6-7-20(2,17)18/h4-5,8-9H,3,6-7H2,1-2H3,(H,14,15,16). The molecular formula is C13H17N3O3S.